The van der Waals surface area contributed by atoms with Crippen molar-refractivity contribution < 1.29 is 17.6 Å². The predicted molar refractivity (Wildman–Crippen MR) is 88.2 cm³/mol. The van der Waals surface area contributed by atoms with E-state index in [4.69, 9.17) is 5.14 Å². The van der Waals surface area contributed by atoms with E-state index < -0.39 is 15.3 Å². The average Bonchev–Trinajstić information content (AvgIpc) is 2.49. The molecule has 0 radical (unpaired) electrons. The molecule has 0 aromatic heterocycles. The van der Waals surface area contributed by atoms with Crippen LogP contribution in [0.2, 0.25) is 0 Å². The van der Waals surface area contributed by atoms with Crippen molar-refractivity contribution in [3.63, 3.8) is 0 Å². The van der Waals surface area contributed by atoms with Gasteiger partial charge in [0.05, 0.1) is 10.1 Å². The zero-order valence-electron chi connectivity index (χ0n) is 12.2. The molecule has 0 fully saturated rings. The number of thioether (sulfide) groups is 1. The van der Waals surface area contributed by atoms with Crippen molar-refractivity contribution in [2.24, 2.45) is 5.14 Å². The molecule has 2 aromatic rings. The van der Waals surface area contributed by atoms with Gasteiger partial charge in [-0.3, -0.25) is 4.79 Å². The number of nitrogens with one attached hydrogen (secondary N) is 1. The Balaban J connectivity index is 2.05. The number of rotatable bonds is 5. The minimum Gasteiger partial charge on any atom is -0.325 e. The third kappa shape index (κ3) is 5.05. The third-order valence-electron chi connectivity index (χ3n) is 2.93. The van der Waals surface area contributed by atoms with Crippen LogP contribution in [-0.2, 0) is 14.8 Å². The van der Waals surface area contributed by atoms with Crippen molar-refractivity contribution in [2.45, 2.75) is 22.0 Å². The number of benzene rings is 2. The second-order valence-corrected chi connectivity index (χ2v) is 7.75. The van der Waals surface area contributed by atoms with Crippen LogP contribution in [0.1, 0.15) is 6.92 Å². The first-order valence-electron chi connectivity index (χ1n) is 6.61. The van der Waals surface area contributed by atoms with Crippen LogP contribution in [0, 0.1) is 5.82 Å². The minimum absolute atomic E-state index is 0.0749. The molecular formula is C15H15FN2O3S2. The van der Waals surface area contributed by atoms with Gasteiger partial charge in [0.25, 0.3) is 0 Å². The highest BCUT2D eigenvalue weighted by Gasteiger charge is 2.16. The van der Waals surface area contributed by atoms with Crippen molar-refractivity contribution >= 4 is 33.4 Å². The monoisotopic (exact) mass is 354 g/mol. The predicted octanol–water partition coefficient (Wildman–Crippen LogP) is 2.59. The van der Waals surface area contributed by atoms with E-state index in [-0.39, 0.29) is 16.6 Å². The second kappa shape index (κ2) is 7.12. The van der Waals surface area contributed by atoms with E-state index >= 15 is 0 Å². The van der Waals surface area contributed by atoms with Gasteiger partial charge >= 0.3 is 0 Å². The lowest BCUT2D eigenvalue weighted by Crippen LogP contribution is -2.22. The molecule has 0 aliphatic rings. The van der Waals surface area contributed by atoms with Gasteiger partial charge in [-0.2, -0.15) is 0 Å². The van der Waals surface area contributed by atoms with Gasteiger partial charge in [0.1, 0.15) is 5.82 Å². The Labute approximate surface area is 138 Å². The summed E-state index contributed by atoms with van der Waals surface area (Å²) in [4.78, 5) is 12.8. The molecule has 2 aromatic carbocycles. The normalized spacial score (nSPS) is 12.7. The molecule has 0 saturated heterocycles. The number of sulfonamides is 1. The Morgan fingerprint density at radius 2 is 1.87 bits per heavy atom. The molecular weight excluding hydrogens is 339 g/mol. The summed E-state index contributed by atoms with van der Waals surface area (Å²) in [6.45, 7) is 1.70. The van der Waals surface area contributed by atoms with Gasteiger partial charge in [0, 0.05) is 10.6 Å². The summed E-state index contributed by atoms with van der Waals surface area (Å²) in [6.07, 6.45) is 0. The molecule has 3 N–H and O–H groups in total. The van der Waals surface area contributed by atoms with Gasteiger partial charge in [-0.05, 0) is 49.4 Å². The number of carbonyl (C=O) groups excluding carboxylic acids is 1. The van der Waals surface area contributed by atoms with E-state index in [2.05, 4.69) is 5.32 Å². The minimum atomic E-state index is -3.83. The molecule has 0 heterocycles. The van der Waals surface area contributed by atoms with Crippen molar-refractivity contribution in [3.05, 3.63) is 54.3 Å². The first-order valence-corrected chi connectivity index (χ1v) is 9.04. The van der Waals surface area contributed by atoms with Crippen LogP contribution < -0.4 is 10.5 Å². The topological polar surface area (TPSA) is 89.3 Å². The van der Waals surface area contributed by atoms with E-state index in [0.717, 1.165) is 4.90 Å². The van der Waals surface area contributed by atoms with Gasteiger partial charge < -0.3 is 5.32 Å². The molecule has 1 atom stereocenters. The van der Waals surface area contributed by atoms with E-state index in [1.807, 2.05) is 0 Å². The highest BCUT2D eigenvalue weighted by atomic mass is 32.2. The van der Waals surface area contributed by atoms with E-state index in [0.29, 0.717) is 5.69 Å². The molecule has 8 heteroatoms. The fraction of sp³-hybridized carbons (Fsp3) is 0.133. The largest absolute Gasteiger partial charge is 0.325 e. The zero-order chi connectivity index (χ0) is 17.0. The van der Waals surface area contributed by atoms with E-state index in [1.165, 1.54) is 42.1 Å². The molecule has 0 bridgehead atoms. The third-order valence-corrected chi connectivity index (χ3v) is 4.95. The van der Waals surface area contributed by atoms with Crippen molar-refractivity contribution in [1.29, 1.82) is 0 Å². The molecule has 2 rings (SSSR count). The van der Waals surface area contributed by atoms with Gasteiger partial charge in [-0.25, -0.2) is 17.9 Å². The van der Waals surface area contributed by atoms with Gasteiger partial charge in [-0.15, -0.1) is 11.8 Å². The standard InChI is InChI=1S/C15H15FN2O3S2/c1-10(22-13-7-5-11(16)6-8-13)15(19)18-12-3-2-4-14(9-12)23(17,20)21/h2-10H,1H3,(H,18,19)(H2,17,20,21)/t10-/m0/s1. The maximum atomic E-state index is 12.9. The SMILES string of the molecule is C[C@H](Sc1ccc(F)cc1)C(=O)Nc1cccc(S(N)(=O)=O)c1. The molecule has 5 nitrogen and oxygen atoms in total. The molecule has 0 aliphatic carbocycles. The summed E-state index contributed by atoms with van der Waals surface area (Å²) in [5.41, 5.74) is 0.341. The Bertz CT molecular complexity index is 808. The molecule has 0 unspecified atom stereocenters. The summed E-state index contributed by atoms with van der Waals surface area (Å²) in [5.74, 6) is -0.642. The number of anilines is 1. The fourth-order valence-corrected chi connectivity index (χ4v) is 3.19. The van der Waals surface area contributed by atoms with Crippen LogP contribution >= 0.6 is 11.8 Å². The van der Waals surface area contributed by atoms with Crippen LogP contribution in [0.5, 0.6) is 0 Å². The van der Waals surface area contributed by atoms with Crippen LogP contribution in [0.25, 0.3) is 0 Å². The number of halogens is 1. The van der Waals surface area contributed by atoms with Crippen LogP contribution in [0.4, 0.5) is 10.1 Å². The van der Waals surface area contributed by atoms with E-state index in [1.54, 1.807) is 25.1 Å². The Morgan fingerprint density at radius 3 is 2.48 bits per heavy atom. The lowest BCUT2D eigenvalue weighted by Gasteiger charge is -2.12. The quantitative estimate of drug-likeness (QED) is 0.808. The fourth-order valence-electron chi connectivity index (χ4n) is 1.77. The Kier molecular flexibility index (Phi) is 5.40. The Morgan fingerprint density at radius 1 is 1.22 bits per heavy atom. The van der Waals surface area contributed by atoms with Crippen molar-refractivity contribution in [1.82, 2.24) is 0 Å². The maximum absolute atomic E-state index is 12.9. The van der Waals surface area contributed by atoms with Crippen molar-refractivity contribution in [3.8, 4) is 0 Å². The van der Waals surface area contributed by atoms with Gasteiger partial charge in [0.15, 0.2) is 0 Å². The van der Waals surface area contributed by atoms with Crippen LogP contribution in [0.3, 0.4) is 0 Å². The lowest BCUT2D eigenvalue weighted by molar-refractivity contribution is -0.115. The Hall–Kier alpha value is -1.90. The first kappa shape index (κ1) is 17.5. The number of primary sulfonamides is 1. The van der Waals surface area contributed by atoms with Crippen LogP contribution in [0.15, 0.2) is 58.3 Å². The molecule has 0 aliphatic heterocycles. The van der Waals surface area contributed by atoms with E-state index in [9.17, 15) is 17.6 Å². The molecule has 122 valence electrons. The molecule has 0 spiro atoms. The summed E-state index contributed by atoms with van der Waals surface area (Å²) in [6, 6.07) is 11.5. The molecule has 1 amide bonds. The molecule has 0 saturated carbocycles. The summed E-state index contributed by atoms with van der Waals surface area (Å²) in [5, 5.41) is 7.24. The van der Waals surface area contributed by atoms with Gasteiger partial charge in [0.2, 0.25) is 15.9 Å². The summed E-state index contributed by atoms with van der Waals surface area (Å²) < 4.78 is 35.5. The summed E-state index contributed by atoms with van der Waals surface area (Å²) >= 11 is 1.27. The number of carbonyl (C=O) groups is 1. The number of hydrogen-bond donors (Lipinski definition) is 2. The second-order valence-electron chi connectivity index (χ2n) is 4.78. The number of nitrogens with two attached hydrogens (primary N) is 1. The first-order chi connectivity index (χ1) is 10.8. The summed E-state index contributed by atoms with van der Waals surface area (Å²) in [7, 11) is -3.83. The van der Waals surface area contributed by atoms with Crippen LogP contribution in [-0.4, -0.2) is 19.6 Å². The van der Waals surface area contributed by atoms with Crippen molar-refractivity contribution in [2.75, 3.05) is 5.32 Å². The highest BCUT2D eigenvalue weighted by Crippen LogP contribution is 2.24. The highest BCUT2D eigenvalue weighted by molar-refractivity contribution is 8.00. The molecule has 23 heavy (non-hydrogen) atoms. The zero-order valence-corrected chi connectivity index (χ0v) is 13.8. The lowest BCUT2D eigenvalue weighted by atomic mass is 10.3. The smallest absolute Gasteiger partial charge is 0.238 e. The number of hydrogen-bond acceptors (Lipinski definition) is 4. The number of amides is 1. The maximum Gasteiger partial charge on any atom is 0.238 e. The van der Waals surface area contributed by atoms with Gasteiger partial charge in [-0.1, -0.05) is 6.07 Å². The average molecular weight is 354 g/mol.